The van der Waals surface area contributed by atoms with Crippen molar-refractivity contribution in [2.24, 2.45) is 5.92 Å². The highest BCUT2D eigenvalue weighted by molar-refractivity contribution is 6.04. The predicted molar refractivity (Wildman–Crippen MR) is 184 cm³/mol. The molecule has 244 valence electrons. The van der Waals surface area contributed by atoms with Gasteiger partial charge >= 0.3 is 5.97 Å². The number of unbranched alkanes of at least 4 members (excludes halogenated alkanes) is 11. The fourth-order valence-electron chi connectivity index (χ4n) is 4.85. The molecule has 1 atom stereocenters. The summed E-state index contributed by atoms with van der Waals surface area (Å²) in [5.41, 5.74) is 1.57. The van der Waals surface area contributed by atoms with Crippen molar-refractivity contribution >= 4 is 17.6 Å². The summed E-state index contributed by atoms with van der Waals surface area (Å²) in [7, 11) is 0. The van der Waals surface area contributed by atoms with Gasteiger partial charge in [-0.25, -0.2) is 4.79 Å². The van der Waals surface area contributed by atoms with Crippen LogP contribution >= 0.6 is 0 Å². The molecule has 0 radical (unpaired) electrons. The van der Waals surface area contributed by atoms with E-state index in [9.17, 15) is 9.59 Å². The molecule has 0 aliphatic carbocycles. The number of benzene rings is 3. The molecule has 6 heteroatoms. The molecular weight excluding hydrogens is 562 g/mol. The molecule has 1 amide bonds. The molecule has 0 heterocycles. The predicted octanol–water partition coefficient (Wildman–Crippen LogP) is 10.7. The van der Waals surface area contributed by atoms with Crippen LogP contribution in [0.2, 0.25) is 0 Å². The maximum Gasteiger partial charge on any atom is 0.343 e. The fraction of sp³-hybridized carbons (Fsp3) is 0.487. The molecular formula is C39H53NO5. The lowest BCUT2D eigenvalue weighted by molar-refractivity contribution is 0.0734. The number of carbonyl (C=O) groups is 2. The zero-order valence-electron chi connectivity index (χ0n) is 27.7. The Kier molecular flexibility index (Phi) is 16.7. The lowest BCUT2D eigenvalue weighted by Crippen LogP contribution is -2.12. The largest absolute Gasteiger partial charge is 0.494 e. The van der Waals surface area contributed by atoms with Crippen molar-refractivity contribution < 1.29 is 23.8 Å². The Labute approximate surface area is 270 Å². The molecule has 1 unspecified atom stereocenters. The van der Waals surface area contributed by atoms with E-state index in [4.69, 9.17) is 14.2 Å². The first-order valence-electron chi connectivity index (χ1n) is 17.1. The fourth-order valence-corrected chi connectivity index (χ4v) is 4.85. The SMILES string of the molecule is CCCCCCCCCCCCCCOc1ccc(C(=O)Oc2ccc(C(=O)Nc3ccc(OCC(C)CC)cc3)cc2)cc1. The zero-order chi connectivity index (χ0) is 32.1. The van der Waals surface area contributed by atoms with E-state index in [0.717, 1.165) is 24.3 Å². The van der Waals surface area contributed by atoms with Gasteiger partial charge in [0.1, 0.15) is 17.2 Å². The van der Waals surface area contributed by atoms with Gasteiger partial charge in [0.2, 0.25) is 0 Å². The van der Waals surface area contributed by atoms with Crippen molar-refractivity contribution in [3.63, 3.8) is 0 Å². The molecule has 0 bridgehead atoms. The van der Waals surface area contributed by atoms with Crippen LogP contribution in [0.3, 0.4) is 0 Å². The number of nitrogens with one attached hydrogen (secondary N) is 1. The highest BCUT2D eigenvalue weighted by atomic mass is 16.5. The van der Waals surface area contributed by atoms with Crippen molar-refractivity contribution in [2.75, 3.05) is 18.5 Å². The lowest BCUT2D eigenvalue weighted by atomic mass is 10.1. The van der Waals surface area contributed by atoms with Gasteiger partial charge in [-0.15, -0.1) is 0 Å². The topological polar surface area (TPSA) is 73.9 Å². The quantitative estimate of drug-likeness (QED) is 0.0691. The van der Waals surface area contributed by atoms with Gasteiger partial charge in [-0.2, -0.15) is 0 Å². The highest BCUT2D eigenvalue weighted by Gasteiger charge is 2.11. The number of rotatable bonds is 22. The molecule has 6 nitrogen and oxygen atoms in total. The van der Waals surface area contributed by atoms with E-state index in [2.05, 4.69) is 26.1 Å². The summed E-state index contributed by atoms with van der Waals surface area (Å²) in [5.74, 6) is 1.67. The van der Waals surface area contributed by atoms with Crippen LogP contribution in [-0.4, -0.2) is 25.1 Å². The van der Waals surface area contributed by atoms with Crippen molar-refractivity contribution in [1.29, 1.82) is 0 Å². The summed E-state index contributed by atoms with van der Waals surface area (Å²) in [4.78, 5) is 25.3. The Hall–Kier alpha value is -3.80. The number of amides is 1. The van der Waals surface area contributed by atoms with Crippen molar-refractivity contribution in [2.45, 2.75) is 104 Å². The van der Waals surface area contributed by atoms with E-state index in [-0.39, 0.29) is 5.91 Å². The summed E-state index contributed by atoms with van der Waals surface area (Å²) >= 11 is 0. The minimum atomic E-state index is -0.463. The smallest absolute Gasteiger partial charge is 0.343 e. The van der Waals surface area contributed by atoms with Crippen LogP contribution in [0.1, 0.15) is 125 Å². The second-order valence-corrected chi connectivity index (χ2v) is 12.0. The molecule has 3 rings (SSSR count). The van der Waals surface area contributed by atoms with Gasteiger partial charge in [0, 0.05) is 11.3 Å². The van der Waals surface area contributed by atoms with Crippen LogP contribution in [0.15, 0.2) is 72.8 Å². The number of carbonyl (C=O) groups excluding carboxylic acids is 2. The number of hydrogen-bond donors (Lipinski definition) is 1. The third kappa shape index (κ3) is 14.2. The van der Waals surface area contributed by atoms with Crippen LogP contribution in [-0.2, 0) is 0 Å². The van der Waals surface area contributed by atoms with Crippen LogP contribution in [0.4, 0.5) is 5.69 Å². The second kappa shape index (κ2) is 21.0. The molecule has 0 saturated heterocycles. The highest BCUT2D eigenvalue weighted by Crippen LogP contribution is 2.20. The lowest BCUT2D eigenvalue weighted by Gasteiger charge is -2.12. The monoisotopic (exact) mass is 615 g/mol. The first-order valence-corrected chi connectivity index (χ1v) is 17.1. The first kappa shape index (κ1) is 35.7. The summed E-state index contributed by atoms with van der Waals surface area (Å²) < 4.78 is 17.1. The Morgan fingerprint density at radius 3 is 1.67 bits per heavy atom. The number of esters is 1. The van der Waals surface area contributed by atoms with Crippen LogP contribution in [0.25, 0.3) is 0 Å². The van der Waals surface area contributed by atoms with E-state index in [1.807, 2.05) is 24.3 Å². The molecule has 45 heavy (non-hydrogen) atoms. The molecule has 0 aliphatic rings. The maximum atomic E-state index is 12.7. The van der Waals surface area contributed by atoms with Gasteiger partial charge in [0.25, 0.3) is 5.91 Å². The van der Waals surface area contributed by atoms with E-state index < -0.39 is 5.97 Å². The molecule has 0 spiro atoms. The molecule has 3 aromatic rings. The molecule has 0 aliphatic heterocycles. The third-order valence-electron chi connectivity index (χ3n) is 8.03. The summed E-state index contributed by atoms with van der Waals surface area (Å²) in [6, 6.07) is 20.8. The normalized spacial score (nSPS) is 11.5. The molecule has 1 N–H and O–H groups in total. The standard InChI is InChI=1S/C39H53NO5/c1-4-6-7-8-9-10-11-12-13-14-15-16-29-43-35-23-19-33(20-24-35)39(42)45-37-25-17-32(18-26-37)38(41)40-34-21-27-36(28-22-34)44-30-31(3)5-2/h17-28,31H,4-16,29-30H2,1-3H3,(H,40,41). The molecule has 3 aromatic carbocycles. The van der Waals surface area contributed by atoms with Crippen molar-refractivity contribution in [1.82, 2.24) is 0 Å². The van der Waals surface area contributed by atoms with Gasteiger partial charge in [-0.1, -0.05) is 97.8 Å². The Morgan fingerprint density at radius 1 is 0.600 bits per heavy atom. The minimum absolute atomic E-state index is 0.250. The average molecular weight is 616 g/mol. The Morgan fingerprint density at radius 2 is 1.09 bits per heavy atom. The van der Waals surface area contributed by atoms with Gasteiger partial charge in [0.05, 0.1) is 18.8 Å². The van der Waals surface area contributed by atoms with E-state index in [1.165, 1.54) is 70.6 Å². The summed E-state index contributed by atoms with van der Waals surface area (Å²) in [6.07, 6.45) is 16.8. The van der Waals surface area contributed by atoms with Crippen molar-refractivity contribution in [3.05, 3.63) is 83.9 Å². The Bertz CT molecular complexity index is 1240. The maximum absolute atomic E-state index is 12.7. The van der Waals surface area contributed by atoms with Gasteiger partial charge in [0.15, 0.2) is 0 Å². The van der Waals surface area contributed by atoms with Gasteiger partial charge in [-0.05, 0) is 85.1 Å². The Balaban J connectivity index is 1.31. The first-order chi connectivity index (χ1) is 22.0. The van der Waals surface area contributed by atoms with E-state index in [1.54, 1.807) is 48.5 Å². The van der Waals surface area contributed by atoms with Gasteiger partial charge in [-0.3, -0.25) is 4.79 Å². The van der Waals surface area contributed by atoms with E-state index >= 15 is 0 Å². The molecule has 0 fully saturated rings. The van der Waals surface area contributed by atoms with Crippen molar-refractivity contribution in [3.8, 4) is 17.2 Å². The van der Waals surface area contributed by atoms with Crippen LogP contribution in [0.5, 0.6) is 17.2 Å². The summed E-state index contributed by atoms with van der Waals surface area (Å²) in [6.45, 7) is 7.89. The molecule has 0 aromatic heterocycles. The number of ether oxygens (including phenoxy) is 3. The minimum Gasteiger partial charge on any atom is -0.494 e. The summed E-state index contributed by atoms with van der Waals surface area (Å²) in [5, 5.41) is 2.88. The van der Waals surface area contributed by atoms with E-state index in [0.29, 0.717) is 41.7 Å². The zero-order valence-corrected chi connectivity index (χ0v) is 27.7. The van der Waals surface area contributed by atoms with Gasteiger partial charge < -0.3 is 19.5 Å². The van der Waals surface area contributed by atoms with Crippen LogP contribution < -0.4 is 19.5 Å². The number of hydrogen-bond acceptors (Lipinski definition) is 5. The van der Waals surface area contributed by atoms with Crippen LogP contribution in [0, 0.1) is 5.92 Å². The second-order valence-electron chi connectivity index (χ2n) is 12.0. The average Bonchev–Trinajstić information content (AvgIpc) is 3.07. The number of anilines is 1. The third-order valence-corrected chi connectivity index (χ3v) is 8.03. The molecule has 0 saturated carbocycles.